The average Bonchev–Trinajstić information content (AvgIpc) is 3.11. The highest BCUT2D eigenvalue weighted by Gasteiger charge is 2.54. The van der Waals surface area contributed by atoms with Gasteiger partial charge in [-0.15, -0.1) is 0 Å². The summed E-state index contributed by atoms with van der Waals surface area (Å²) in [4.78, 5) is 11.4. The third kappa shape index (κ3) is 1.97. The van der Waals surface area contributed by atoms with Crippen LogP contribution in [0.1, 0.15) is 29.7 Å². The van der Waals surface area contributed by atoms with Crippen LogP contribution in [0, 0.1) is 13.8 Å². The van der Waals surface area contributed by atoms with Crippen molar-refractivity contribution in [1.82, 2.24) is 9.78 Å². The van der Waals surface area contributed by atoms with E-state index in [2.05, 4.69) is 40.9 Å². The number of hydrogen-bond acceptors (Lipinski definition) is 2. The second-order valence-corrected chi connectivity index (χ2v) is 6.28. The van der Waals surface area contributed by atoms with Crippen LogP contribution in [0.2, 0.25) is 0 Å². The van der Waals surface area contributed by atoms with E-state index in [1.54, 1.807) is 4.68 Å². The number of hydrogen-bond donors (Lipinski definition) is 1. The molecule has 0 aliphatic heterocycles. The Balaban J connectivity index is 2.05. The quantitative estimate of drug-likeness (QED) is 0.936. The van der Waals surface area contributed by atoms with Crippen molar-refractivity contribution in [3.8, 4) is 5.69 Å². The van der Waals surface area contributed by atoms with E-state index in [1.165, 1.54) is 11.1 Å². The number of aryl methyl sites for hydroxylation is 2. The van der Waals surface area contributed by atoms with Crippen molar-refractivity contribution in [1.29, 1.82) is 0 Å². The molecule has 3 rings (SSSR count). The molecule has 0 radical (unpaired) electrons. The molecule has 104 valence electrons. The molecular weight excluding hydrogens is 320 g/mol. The van der Waals surface area contributed by atoms with Gasteiger partial charge in [-0.05, 0) is 65.9 Å². The van der Waals surface area contributed by atoms with Gasteiger partial charge in [-0.3, -0.25) is 4.79 Å². The van der Waals surface area contributed by atoms with Crippen LogP contribution < -0.4 is 0 Å². The van der Waals surface area contributed by atoms with E-state index in [9.17, 15) is 9.90 Å². The zero-order valence-corrected chi connectivity index (χ0v) is 12.9. The molecule has 2 aromatic rings. The van der Waals surface area contributed by atoms with Gasteiger partial charge in [0.15, 0.2) is 0 Å². The summed E-state index contributed by atoms with van der Waals surface area (Å²) in [6.07, 6.45) is 3.15. The molecule has 1 aromatic carbocycles. The van der Waals surface area contributed by atoms with Crippen molar-refractivity contribution in [3.05, 3.63) is 45.7 Å². The molecule has 0 unspecified atom stereocenters. The SMILES string of the molecule is Cc1ccc(-n2cc(Br)c(C3(C(=O)O)CC3)n2)cc1C. The molecule has 0 atom stereocenters. The zero-order valence-electron chi connectivity index (χ0n) is 11.4. The Labute approximate surface area is 125 Å². The highest BCUT2D eigenvalue weighted by Crippen LogP contribution is 2.50. The Morgan fingerprint density at radius 1 is 1.35 bits per heavy atom. The minimum Gasteiger partial charge on any atom is -0.481 e. The van der Waals surface area contributed by atoms with Crippen LogP contribution in [-0.2, 0) is 10.2 Å². The summed E-state index contributed by atoms with van der Waals surface area (Å²) in [5.41, 5.74) is 3.20. The second kappa shape index (κ2) is 4.45. The lowest BCUT2D eigenvalue weighted by molar-refractivity contribution is -0.140. The second-order valence-electron chi connectivity index (χ2n) is 5.43. The fourth-order valence-electron chi connectivity index (χ4n) is 2.35. The molecule has 0 amide bonds. The molecule has 1 saturated carbocycles. The predicted octanol–water partition coefficient (Wildman–Crippen LogP) is 3.37. The summed E-state index contributed by atoms with van der Waals surface area (Å²) >= 11 is 3.44. The highest BCUT2D eigenvalue weighted by molar-refractivity contribution is 9.10. The molecule has 5 heteroatoms. The van der Waals surface area contributed by atoms with E-state index in [-0.39, 0.29) is 0 Å². The number of carboxylic acid groups (broad SMARTS) is 1. The topological polar surface area (TPSA) is 55.1 Å². The molecule has 1 aliphatic carbocycles. The van der Waals surface area contributed by atoms with Crippen LogP contribution in [0.4, 0.5) is 0 Å². The fraction of sp³-hybridized carbons (Fsp3) is 0.333. The zero-order chi connectivity index (χ0) is 14.5. The van der Waals surface area contributed by atoms with Crippen LogP contribution in [0.15, 0.2) is 28.9 Å². The van der Waals surface area contributed by atoms with E-state index >= 15 is 0 Å². The lowest BCUT2D eigenvalue weighted by Crippen LogP contribution is -2.20. The lowest BCUT2D eigenvalue weighted by Gasteiger charge is -2.07. The van der Waals surface area contributed by atoms with E-state index in [0.29, 0.717) is 18.5 Å². The molecule has 20 heavy (non-hydrogen) atoms. The first-order chi connectivity index (χ1) is 9.44. The molecule has 1 N–H and O–H groups in total. The van der Waals surface area contributed by atoms with Crippen LogP contribution >= 0.6 is 15.9 Å². The van der Waals surface area contributed by atoms with Gasteiger partial charge in [0.25, 0.3) is 0 Å². The van der Waals surface area contributed by atoms with Crippen LogP contribution in [0.5, 0.6) is 0 Å². The van der Waals surface area contributed by atoms with Crippen molar-refractivity contribution >= 4 is 21.9 Å². The number of carbonyl (C=O) groups is 1. The summed E-state index contributed by atoms with van der Waals surface area (Å²) < 4.78 is 2.50. The standard InChI is InChI=1S/C15H15BrN2O2/c1-9-3-4-11(7-10(9)2)18-8-12(16)13(17-18)15(5-6-15)14(19)20/h3-4,7-8H,5-6H2,1-2H3,(H,19,20). The van der Waals surface area contributed by atoms with Gasteiger partial charge in [0.1, 0.15) is 5.41 Å². The maximum absolute atomic E-state index is 11.4. The Morgan fingerprint density at radius 2 is 2.05 bits per heavy atom. The van der Waals surface area contributed by atoms with Crippen molar-refractivity contribution in [2.45, 2.75) is 32.1 Å². The van der Waals surface area contributed by atoms with E-state index in [0.717, 1.165) is 10.2 Å². The van der Waals surface area contributed by atoms with Gasteiger partial charge in [-0.25, -0.2) is 4.68 Å². The van der Waals surface area contributed by atoms with Gasteiger partial charge in [0.05, 0.1) is 15.9 Å². The molecule has 1 heterocycles. The summed E-state index contributed by atoms with van der Waals surface area (Å²) in [6.45, 7) is 4.12. The minimum absolute atomic E-state index is 0.628. The number of halogens is 1. The number of aromatic nitrogens is 2. The Kier molecular flexibility index (Phi) is 2.97. The van der Waals surface area contributed by atoms with Gasteiger partial charge < -0.3 is 5.11 Å². The van der Waals surface area contributed by atoms with Crippen molar-refractivity contribution in [2.24, 2.45) is 0 Å². The normalized spacial score (nSPS) is 16.1. The third-order valence-electron chi connectivity index (χ3n) is 4.04. The van der Waals surface area contributed by atoms with Gasteiger partial charge in [-0.2, -0.15) is 5.10 Å². The Morgan fingerprint density at radius 3 is 2.60 bits per heavy atom. The third-order valence-corrected chi connectivity index (χ3v) is 4.62. The lowest BCUT2D eigenvalue weighted by atomic mass is 10.0. The van der Waals surface area contributed by atoms with E-state index < -0.39 is 11.4 Å². The van der Waals surface area contributed by atoms with Crippen LogP contribution in [0.3, 0.4) is 0 Å². The van der Waals surface area contributed by atoms with Crippen LogP contribution in [-0.4, -0.2) is 20.9 Å². The van der Waals surface area contributed by atoms with Crippen molar-refractivity contribution in [2.75, 3.05) is 0 Å². The maximum Gasteiger partial charge on any atom is 0.315 e. The number of benzene rings is 1. The molecular formula is C15H15BrN2O2. The van der Waals surface area contributed by atoms with Gasteiger partial charge in [-0.1, -0.05) is 6.07 Å². The Hall–Kier alpha value is -1.62. The van der Waals surface area contributed by atoms with Crippen molar-refractivity contribution in [3.63, 3.8) is 0 Å². The highest BCUT2D eigenvalue weighted by atomic mass is 79.9. The number of nitrogens with zero attached hydrogens (tertiary/aromatic N) is 2. The largest absolute Gasteiger partial charge is 0.481 e. The molecule has 1 aromatic heterocycles. The smallest absolute Gasteiger partial charge is 0.315 e. The molecule has 0 bridgehead atoms. The first-order valence-electron chi connectivity index (χ1n) is 6.51. The maximum atomic E-state index is 11.4. The van der Waals surface area contributed by atoms with E-state index in [1.807, 2.05) is 18.3 Å². The Bertz CT molecular complexity index is 702. The van der Waals surface area contributed by atoms with E-state index in [4.69, 9.17) is 0 Å². The summed E-state index contributed by atoms with van der Waals surface area (Å²) in [6, 6.07) is 6.09. The molecule has 1 aliphatic rings. The first-order valence-corrected chi connectivity index (χ1v) is 7.30. The van der Waals surface area contributed by atoms with Crippen LogP contribution in [0.25, 0.3) is 5.69 Å². The fourth-order valence-corrected chi connectivity index (χ4v) is 3.01. The van der Waals surface area contributed by atoms with Gasteiger partial charge >= 0.3 is 5.97 Å². The monoisotopic (exact) mass is 334 g/mol. The van der Waals surface area contributed by atoms with Gasteiger partial charge in [0, 0.05) is 6.20 Å². The summed E-state index contributed by atoms with van der Waals surface area (Å²) in [7, 11) is 0. The predicted molar refractivity (Wildman–Crippen MR) is 79.3 cm³/mol. The first kappa shape index (κ1) is 13.4. The molecule has 1 fully saturated rings. The molecule has 4 nitrogen and oxygen atoms in total. The minimum atomic E-state index is -0.788. The number of aliphatic carboxylic acids is 1. The molecule has 0 spiro atoms. The molecule has 0 saturated heterocycles. The summed E-state index contributed by atoms with van der Waals surface area (Å²) in [5, 5.41) is 13.9. The number of carboxylic acids is 1. The van der Waals surface area contributed by atoms with Gasteiger partial charge in [0.2, 0.25) is 0 Å². The number of rotatable bonds is 3. The van der Waals surface area contributed by atoms with Crippen molar-refractivity contribution < 1.29 is 9.90 Å². The summed E-state index contributed by atoms with van der Waals surface area (Å²) in [5.74, 6) is -0.788. The average molecular weight is 335 g/mol.